The van der Waals surface area contributed by atoms with Gasteiger partial charge in [0.1, 0.15) is 28.8 Å². The van der Waals surface area contributed by atoms with Gasteiger partial charge in [-0.1, -0.05) is 52.8 Å². The smallest absolute Gasteiger partial charge is 0.307 e. The molecule has 18 heteroatoms. The van der Waals surface area contributed by atoms with E-state index in [1.165, 1.54) is 65.4 Å². The van der Waals surface area contributed by atoms with Crippen molar-refractivity contribution in [3.8, 4) is 11.5 Å². The number of benzene rings is 3. The summed E-state index contributed by atoms with van der Waals surface area (Å²) < 4.78 is 30.4. The fourth-order valence-electron chi connectivity index (χ4n) is 9.80. The van der Waals surface area contributed by atoms with E-state index >= 15 is 0 Å². The van der Waals surface area contributed by atoms with Crippen molar-refractivity contribution in [3.63, 3.8) is 0 Å². The zero-order chi connectivity index (χ0) is 50.4. The van der Waals surface area contributed by atoms with E-state index in [1.807, 2.05) is 0 Å². The third kappa shape index (κ3) is 9.64. The Morgan fingerprint density at radius 2 is 1.68 bits per heavy atom. The molecule has 3 aromatic carbocycles. The van der Waals surface area contributed by atoms with Gasteiger partial charge in [0.2, 0.25) is 10.9 Å². The van der Waals surface area contributed by atoms with Crippen LogP contribution in [0.2, 0.25) is 0 Å². The van der Waals surface area contributed by atoms with Crippen molar-refractivity contribution < 1.29 is 58.5 Å². The number of phenols is 1. The van der Waals surface area contributed by atoms with E-state index in [9.17, 15) is 44.7 Å². The van der Waals surface area contributed by atoms with Gasteiger partial charge in [-0.05, 0) is 25.8 Å². The Morgan fingerprint density at radius 3 is 2.32 bits per heavy atom. The summed E-state index contributed by atoms with van der Waals surface area (Å²) in [5.74, 6) is -7.40. The van der Waals surface area contributed by atoms with Crippen molar-refractivity contribution in [2.45, 2.75) is 92.5 Å². The Balaban J connectivity index is 1.46. The molecule has 1 amide bonds. The van der Waals surface area contributed by atoms with Gasteiger partial charge in [-0.25, -0.2) is 4.98 Å². The highest BCUT2D eigenvalue weighted by atomic mass is 16.7. The number of hydrogen-bond acceptors (Lipinski definition) is 17. The molecule has 6 N–H and O–H groups in total. The number of anilines is 2. The average molecular weight is 957 g/mol. The van der Waals surface area contributed by atoms with Crippen LogP contribution in [0.4, 0.5) is 11.4 Å². The summed E-state index contributed by atoms with van der Waals surface area (Å²) in [6, 6.07) is 3.13. The van der Waals surface area contributed by atoms with Crippen LogP contribution in [0.15, 0.2) is 62.3 Å². The number of methoxy groups -OCH3 is 1. The van der Waals surface area contributed by atoms with Crippen molar-refractivity contribution in [1.82, 2.24) is 9.88 Å². The lowest BCUT2D eigenvalue weighted by atomic mass is 9.78. The van der Waals surface area contributed by atoms with Gasteiger partial charge in [-0.2, -0.15) is 0 Å². The first-order valence-electron chi connectivity index (χ1n) is 23.3. The van der Waals surface area contributed by atoms with Crippen LogP contribution in [-0.2, 0) is 23.8 Å². The van der Waals surface area contributed by atoms with Crippen molar-refractivity contribution >= 4 is 62.0 Å². The molecule has 7 rings (SSSR count). The van der Waals surface area contributed by atoms with Crippen molar-refractivity contribution in [2.75, 3.05) is 56.7 Å². The lowest BCUT2D eigenvalue weighted by Crippen LogP contribution is -2.48. The molecule has 18 nitrogen and oxygen atoms in total. The molecule has 1 aromatic heterocycles. The Bertz CT molecular complexity index is 2920. The molecular weight excluding hydrogens is 893 g/mol. The maximum Gasteiger partial charge on any atom is 0.307 e. The number of carbonyl (C=O) groups excluding carboxylic acids is 2. The Morgan fingerprint density at radius 1 is 0.986 bits per heavy atom. The van der Waals surface area contributed by atoms with Crippen LogP contribution in [0, 0.1) is 36.5 Å². The molecule has 1 fully saturated rings. The number of rotatable bonds is 6. The number of aromatic nitrogens is 1. The van der Waals surface area contributed by atoms with E-state index < -0.39 is 100 Å². The number of phenolic OH excluding ortho intramolecular Hbond substituents is 1. The van der Waals surface area contributed by atoms with Crippen LogP contribution in [0.1, 0.15) is 61.0 Å². The van der Waals surface area contributed by atoms with Gasteiger partial charge in [0.25, 0.3) is 5.91 Å². The molecule has 9 unspecified atom stereocenters. The lowest BCUT2D eigenvalue weighted by molar-refractivity contribution is -0.161. The predicted octanol–water partition coefficient (Wildman–Crippen LogP) is 4.31. The van der Waals surface area contributed by atoms with Crippen LogP contribution in [0.3, 0.4) is 0 Å². The summed E-state index contributed by atoms with van der Waals surface area (Å²) in [7, 11) is 1.41. The van der Waals surface area contributed by atoms with Gasteiger partial charge in [0, 0.05) is 112 Å². The first-order valence-corrected chi connectivity index (χ1v) is 23.3. The molecule has 4 heterocycles. The van der Waals surface area contributed by atoms with Crippen molar-refractivity contribution in [3.05, 3.63) is 79.5 Å². The van der Waals surface area contributed by atoms with Gasteiger partial charge >= 0.3 is 11.8 Å². The summed E-state index contributed by atoms with van der Waals surface area (Å²) >= 11 is 0. The highest BCUT2D eigenvalue weighted by Crippen LogP contribution is 2.42. The largest absolute Gasteiger partial charge is 0.507 e. The molecule has 9 atom stereocenters. The molecule has 0 spiro atoms. The molecule has 0 radical (unpaired) electrons. The second kappa shape index (κ2) is 20.1. The van der Waals surface area contributed by atoms with Crippen LogP contribution >= 0.6 is 0 Å². The normalized spacial score (nSPS) is 28.8. The summed E-state index contributed by atoms with van der Waals surface area (Å²) in [5.41, 5.74) is -1.56. The maximum absolute atomic E-state index is 14.9. The second-order valence-electron chi connectivity index (χ2n) is 19.2. The molecule has 4 aromatic rings. The Hall–Kier alpha value is -6.05. The van der Waals surface area contributed by atoms with Crippen LogP contribution in [0.25, 0.3) is 38.7 Å². The number of carbonyl (C=O) groups is 2. The molecule has 4 bridgehead atoms. The number of fused-ring (bicyclic) bond motifs is 2. The van der Waals surface area contributed by atoms with Gasteiger partial charge in [-0.15, -0.1) is 0 Å². The predicted molar refractivity (Wildman–Crippen MR) is 260 cm³/mol. The summed E-state index contributed by atoms with van der Waals surface area (Å²) in [6.45, 7) is 18.1. The van der Waals surface area contributed by atoms with Crippen molar-refractivity contribution in [1.29, 1.82) is 0 Å². The minimum absolute atomic E-state index is 0.0223. The monoisotopic (exact) mass is 956 g/mol. The summed E-state index contributed by atoms with van der Waals surface area (Å²) in [4.78, 5) is 64.7. The number of allylic oxidation sites excluding steroid dienone is 2. The number of hydrogen-bond donors (Lipinski definition) is 6. The fourth-order valence-corrected chi connectivity index (χ4v) is 9.80. The lowest BCUT2D eigenvalue weighted by Gasteiger charge is -2.38. The van der Waals surface area contributed by atoms with Gasteiger partial charge in [0.05, 0.1) is 41.8 Å². The molecule has 3 aliphatic rings. The zero-order valence-electron chi connectivity index (χ0n) is 40.7. The first-order chi connectivity index (χ1) is 32.6. The minimum Gasteiger partial charge on any atom is -0.507 e. The molecule has 69 heavy (non-hydrogen) atoms. The summed E-state index contributed by atoms with van der Waals surface area (Å²) in [6.07, 6.45) is 2.64. The van der Waals surface area contributed by atoms with E-state index in [2.05, 4.69) is 29.0 Å². The second-order valence-corrected chi connectivity index (χ2v) is 19.2. The third-order valence-corrected chi connectivity index (χ3v) is 13.8. The SMILES string of the molecule is COC1/C=C\OC2(C)Oc3c(C)c(O)c4c(=O)c(c5oc6cc(N7CCN(CC(C)C)CC7)cc(=O)c6nc5c4c3=C2O)NC(=O)/C(C)=C/C=CC(C)C(O)C(CO)C(O)C(C)C(OC(C)=O)C1C. The molecule has 3 aliphatic heterocycles. The number of aromatic hydroxyl groups is 1. The molecule has 1 saturated heterocycles. The Labute approximate surface area is 399 Å². The van der Waals surface area contributed by atoms with E-state index in [1.54, 1.807) is 32.9 Å². The van der Waals surface area contributed by atoms with Gasteiger partial charge < -0.3 is 59.1 Å². The summed E-state index contributed by atoms with van der Waals surface area (Å²) in [5, 5.41) is 59.8. The van der Waals surface area contributed by atoms with Crippen LogP contribution < -0.4 is 31.0 Å². The number of aliphatic hydroxyl groups is 4. The van der Waals surface area contributed by atoms with Gasteiger partial charge in [-0.3, -0.25) is 24.1 Å². The van der Waals surface area contributed by atoms with E-state index in [0.717, 1.165) is 19.6 Å². The van der Waals surface area contributed by atoms with Gasteiger partial charge in [0.15, 0.2) is 22.4 Å². The number of nitrogens with one attached hydrogen (secondary N) is 1. The first kappa shape index (κ1) is 50.8. The van der Waals surface area contributed by atoms with Crippen LogP contribution in [0.5, 0.6) is 11.5 Å². The molecular formula is C51H64N4O14. The number of amides is 1. The highest BCUT2D eigenvalue weighted by Gasteiger charge is 2.44. The zero-order valence-corrected chi connectivity index (χ0v) is 40.7. The third-order valence-electron chi connectivity index (χ3n) is 13.8. The maximum atomic E-state index is 14.9. The number of ether oxygens (including phenoxy) is 4. The number of aliphatic hydroxyl groups excluding tert-OH is 4. The number of nitrogens with zero attached hydrogens (tertiary/aromatic N) is 3. The topological polar surface area (TPSA) is 251 Å². The molecule has 0 aliphatic carbocycles. The van der Waals surface area contributed by atoms with E-state index in [-0.39, 0.29) is 55.1 Å². The minimum atomic E-state index is -2.01. The van der Waals surface area contributed by atoms with E-state index in [0.29, 0.717) is 24.7 Å². The molecule has 0 saturated carbocycles. The van der Waals surface area contributed by atoms with Crippen molar-refractivity contribution in [2.24, 2.45) is 29.6 Å². The Kier molecular flexibility index (Phi) is 14.8. The molecule has 372 valence electrons. The standard InChI is InChI=1S/C51H64N4O14/c1-24(2)22-54-15-17-55(18-16-54)31-20-33(58)39-35(21-31)68-48-40(52-39)36-37-44(61)29(7)47-38(36)49(63)51(9,69-47)66-19-14-34(65-10)27(5)46(67-30(8)57)28(6)43(60)32(23-56)42(59)25(3)12-11-13-26(4)50(64)53-41(48)45(37)62/h11-14,19-21,24-25,27-28,32,34,42-43,46,56,59-61,63H,15-18,22-23H2,1-10H3,(H,53,64)/b12-11?,19-14-,26-13+. The number of piperazine rings is 1. The highest BCUT2D eigenvalue weighted by molar-refractivity contribution is 6.16. The quantitative estimate of drug-likeness (QED) is 0.0895. The van der Waals surface area contributed by atoms with E-state index in [4.69, 9.17) is 28.3 Å². The number of esters is 1. The fraction of sp³-hybridized carbons (Fsp3) is 0.510. The van der Waals surface area contributed by atoms with Crippen LogP contribution in [-0.4, -0.2) is 124 Å². The average Bonchev–Trinajstić information content (AvgIpc) is 3.57.